The average Bonchev–Trinajstić information content (AvgIpc) is 2.21. The average molecular weight is 209 g/mol. The molecule has 0 aromatic heterocycles. The first kappa shape index (κ1) is 11.9. The lowest BCUT2D eigenvalue weighted by Crippen LogP contribution is -2.33. The van der Waals surface area contributed by atoms with E-state index in [9.17, 15) is 0 Å². The molecule has 0 heterocycles. The van der Waals surface area contributed by atoms with Gasteiger partial charge in [0.15, 0.2) is 0 Å². The molecule has 0 spiro atoms. The number of ether oxygens (including phenoxy) is 2. The van der Waals surface area contributed by atoms with Crippen LogP contribution in [0.5, 0.6) is 11.5 Å². The van der Waals surface area contributed by atoms with E-state index in [-0.39, 0.29) is 12.1 Å². The van der Waals surface area contributed by atoms with E-state index in [0.29, 0.717) is 6.61 Å². The minimum absolute atomic E-state index is 0.0166. The highest BCUT2D eigenvalue weighted by molar-refractivity contribution is 5.31. The SMILES string of the molecule is CCOc1ccc(OC(C)[C@@H](C)N)cc1. The topological polar surface area (TPSA) is 44.5 Å². The quantitative estimate of drug-likeness (QED) is 0.808. The van der Waals surface area contributed by atoms with Gasteiger partial charge in [-0.25, -0.2) is 0 Å². The number of hydrogen-bond acceptors (Lipinski definition) is 3. The summed E-state index contributed by atoms with van der Waals surface area (Å²) in [6.45, 7) is 6.53. The second-order valence-electron chi connectivity index (χ2n) is 3.59. The molecule has 2 N–H and O–H groups in total. The zero-order valence-corrected chi connectivity index (χ0v) is 9.57. The van der Waals surface area contributed by atoms with E-state index < -0.39 is 0 Å². The van der Waals surface area contributed by atoms with Crippen molar-refractivity contribution in [3.05, 3.63) is 24.3 Å². The molecule has 2 atom stereocenters. The highest BCUT2D eigenvalue weighted by atomic mass is 16.5. The molecule has 0 aliphatic heterocycles. The van der Waals surface area contributed by atoms with Crippen LogP contribution in [0.15, 0.2) is 24.3 Å². The molecule has 1 aromatic carbocycles. The molecular weight excluding hydrogens is 190 g/mol. The van der Waals surface area contributed by atoms with Gasteiger partial charge in [0.25, 0.3) is 0 Å². The summed E-state index contributed by atoms with van der Waals surface area (Å²) < 4.78 is 11.0. The molecule has 0 amide bonds. The fourth-order valence-corrected chi connectivity index (χ4v) is 1.10. The van der Waals surface area contributed by atoms with Crippen molar-refractivity contribution in [3.8, 4) is 11.5 Å². The molecule has 0 aliphatic rings. The first-order chi connectivity index (χ1) is 7.13. The third-order valence-corrected chi connectivity index (χ3v) is 2.20. The molecular formula is C12H19NO2. The van der Waals surface area contributed by atoms with Crippen LogP contribution in [0.4, 0.5) is 0 Å². The Balaban J connectivity index is 2.56. The van der Waals surface area contributed by atoms with Gasteiger partial charge in [-0.15, -0.1) is 0 Å². The molecule has 0 bridgehead atoms. The summed E-state index contributed by atoms with van der Waals surface area (Å²) in [7, 11) is 0. The van der Waals surface area contributed by atoms with Crippen molar-refractivity contribution in [2.24, 2.45) is 5.73 Å². The molecule has 1 rings (SSSR count). The van der Waals surface area contributed by atoms with Crippen molar-refractivity contribution >= 4 is 0 Å². The Morgan fingerprint density at radius 1 is 1.13 bits per heavy atom. The Bertz CT molecular complexity index is 282. The van der Waals surface area contributed by atoms with Crippen molar-refractivity contribution in [1.82, 2.24) is 0 Å². The van der Waals surface area contributed by atoms with E-state index in [1.807, 2.05) is 45.0 Å². The van der Waals surface area contributed by atoms with Crippen LogP contribution in [-0.4, -0.2) is 18.8 Å². The van der Waals surface area contributed by atoms with Gasteiger partial charge in [-0.3, -0.25) is 0 Å². The minimum Gasteiger partial charge on any atom is -0.494 e. The zero-order valence-electron chi connectivity index (χ0n) is 9.57. The van der Waals surface area contributed by atoms with E-state index in [2.05, 4.69) is 0 Å². The third kappa shape index (κ3) is 3.80. The number of rotatable bonds is 5. The summed E-state index contributed by atoms with van der Waals surface area (Å²) in [5.41, 5.74) is 5.71. The summed E-state index contributed by atoms with van der Waals surface area (Å²) in [4.78, 5) is 0. The second kappa shape index (κ2) is 5.61. The fraction of sp³-hybridized carbons (Fsp3) is 0.500. The van der Waals surface area contributed by atoms with Crippen LogP contribution in [-0.2, 0) is 0 Å². The molecule has 0 radical (unpaired) electrons. The van der Waals surface area contributed by atoms with Crippen LogP contribution in [0, 0.1) is 0 Å². The van der Waals surface area contributed by atoms with Gasteiger partial charge in [-0.05, 0) is 45.0 Å². The van der Waals surface area contributed by atoms with Crippen LogP contribution in [0.2, 0.25) is 0 Å². The predicted molar refractivity (Wildman–Crippen MR) is 61.4 cm³/mol. The first-order valence-electron chi connectivity index (χ1n) is 5.28. The maximum Gasteiger partial charge on any atom is 0.120 e. The summed E-state index contributed by atoms with van der Waals surface area (Å²) >= 11 is 0. The molecule has 1 aromatic rings. The fourth-order valence-electron chi connectivity index (χ4n) is 1.10. The van der Waals surface area contributed by atoms with Crippen molar-refractivity contribution < 1.29 is 9.47 Å². The van der Waals surface area contributed by atoms with E-state index in [4.69, 9.17) is 15.2 Å². The standard InChI is InChI=1S/C12H19NO2/c1-4-14-11-5-7-12(8-6-11)15-10(3)9(2)13/h5-10H,4,13H2,1-3H3/t9-,10?/m1/s1. The Hall–Kier alpha value is -1.22. The van der Waals surface area contributed by atoms with Gasteiger partial charge in [-0.1, -0.05) is 0 Å². The minimum atomic E-state index is 0.0166. The second-order valence-corrected chi connectivity index (χ2v) is 3.59. The Morgan fingerprint density at radius 3 is 2.13 bits per heavy atom. The van der Waals surface area contributed by atoms with Crippen LogP contribution in [0.1, 0.15) is 20.8 Å². The predicted octanol–water partition coefficient (Wildman–Crippen LogP) is 2.20. The summed E-state index contributed by atoms with van der Waals surface area (Å²) in [6.07, 6.45) is 0.0166. The highest BCUT2D eigenvalue weighted by Crippen LogP contribution is 2.18. The van der Waals surface area contributed by atoms with Crippen molar-refractivity contribution in [2.75, 3.05) is 6.61 Å². The van der Waals surface area contributed by atoms with Crippen LogP contribution >= 0.6 is 0 Å². The van der Waals surface area contributed by atoms with Gasteiger partial charge in [0.1, 0.15) is 17.6 Å². The number of benzene rings is 1. The lowest BCUT2D eigenvalue weighted by molar-refractivity contribution is 0.196. The Morgan fingerprint density at radius 2 is 1.67 bits per heavy atom. The van der Waals surface area contributed by atoms with Gasteiger partial charge in [0.2, 0.25) is 0 Å². The molecule has 0 fully saturated rings. The molecule has 0 saturated heterocycles. The van der Waals surface area contributed by atoms with Crippen molar-refractivity contribution in [2.45, 2.75) is 32.9 Å². The lowest BCUT2D eigenvalue weighted by Gasteiger charge is -2.18. The van der Waals surface area contributed by atoms with Gasteiger partial charge >= 0.3 is 0 Å². The molecule has 1 unspecified atom stereocenters. The maximum atomic E-state index is 5.71. The van der Waals surface area contributed by atoms with Crippen molar-refractivity contribution in [1.29, 1.82) is 0 Å². The van der Waals surface area contributed by atoms with Gasteiger partial charge in [-0.2, -0.15) is 0 Å². The van der Waals surface area contributed by atoms with Crippen LogP contribution < -0.4 is 15.2 Å². The zero-order chi connectivity index (χ0) is 11.3. The first-order valence-corrected chi connectivity index (χ1v) is 5.28. The molecule has 15 heavy (non-hydrogen) atoms. The van der Waals surface area contributed by atoms with Gasteiger partial charge in [0.05, 0.1) is 6.61 Å². The number of nitrogens with two attached hydrogens (primary N) is 1. The van der Waals surface area contributed by atoms with Crippen LogP contribution in [0.3, 0.4) is 0 Å². The molecule has 3 nitrogen and oxygen atoms in total. The highest BCUT2D eigenvalue weighted by Gasteiger charge is 2.08. The third-order valence-electron chi connectivity index (χ3n) is 2.20. The van der Waals surface area contributed by atoms with E-state index in [0.717, 1.165) is 11.5 Å². The number of hydrogen-bond donors (Lipinski definition) is 1. The summed E-state index contributed by atoms with van der Waals surface area (Å²) in [6, 6.07) is 7.60. The normalized spacial score (nSPS) is 14.4. The summed E-state index contributed by atoms with van der Waals surface area (Å²) in [5, 5.41) is 0. The Labute approximate surface area is 91.2 Å². The van der Waals surface area contributed by atoms with E-state index >= 15 is 0 Å². The van der Waals surface area contributed by atoms with Gasteiger partial charge in [0, 0.05) is 6.04 Å². The molecule has 0 aliphatic carbocycles. The molecule has 0 saturated carbocycles. The Kier molecular flexibility index (Phi) is 4.43. The monoisotopic (exact) mass is 209 g/mol. The maximum absolute atomic E-state index is 5.71. The van der Waals surface area contributed by atoms with Crippen molar-refractivity contribution in [3.63, 3.8) is 0 Å². The molecule has 84 valence electrons. The smallest absolute Gasteiger partial charge is 0.120 e. The molecule has 3 heteroatoms. The summed E-state index contributed by atoms with van der Waals surface area (Å²) in [5.74, 6) is 1.68. The largest absolute Gasteiger partial charge is 0.494 e. The van der Waals surface area contributed by atoms with Gasteiger partial charge < -0.3 is 15.2 Å². The van der Waals surface area contributed by atoms with Crippen LogP contribution in [0.25, 0.3) is 0 Å². The van der Waals surface area contributed by atoms with E-state index in [1.54, 1.807) is 0 Å². The van der Waals surface area contributed by atoms with E-state index in [1.165, 1.54) is 0 Å². The lowest BCUT2D eigenvalue weighted by atomic mass is 10.2.